The van der Waals surface area contributed by atoms with Gasteiger partial charge in [0.1, 0.15) is 19.0 Å². The zero-order valence-electron chi connectivity index (χ0n) is 19.8. The number of thiazole rings is 1. The third kappa shape index (κ3) is 5.24. The molecule has 0 saturated heterocycles. The van der Waals surface area contributed by atoms with E-state index in [2.05, 4.69) is 10.3 Å². The first kappa shape index (κ1) is 23.9. The molecule has 35 heavy (non-hydrogen) atoms. The van der Waals surface area contributed by atoms with Gasteiger partial charge in [-0.3, -0.25) is 19.3 Å². The summed E-state index contributed by atoms with van der Waals surface area (Å²) in [5.41, 5.74) is 0.682. The Bertz CT molecular complexity index is 1100. The van der Waals surface area contributed by atoms with E-state index < -0.39 is 11.8 Å². The second-order valence-electron chi connectivity index (χ2n) is 10.5. The van der Waals surface area contributed by atoms with Gasteiger partial charge in [0.25, 0.3) is 0 Å². The van der Waals surface area contributed by atoms with Gasteiger partial charge in [-0.2, -0.15) is 0 Å². The fourth-order valence-corrected chi connectivity index (χ4v) is 7.66. The molecule has 1 aromatic heterocycles. The number of hydrogen-bond donors (Lipinski definition) is 1. The van der Waals surface area contributed by atoms with Gasteiger partial charge < -0.3 is 10.1 Å². The molecule has 186 valence electrons. The Morgan fingerprint density at radius 3 is 2.43 bits per heavy atom. The number of aromatic nitrogens is 1. The van der Waals surface area contributed by atoms with E-state index in [0.29, 0.717) is 12.1 Å². The minimum Gasteiger partial charge on any atom is -0.458 e. The summed E-state index contributed by atoms with van der Waals surface area (Å²) in [6, 6.07) is 5.97. The number of benzene rings is 1. The highest BCUT2D eigenvalue weighted by molar-refractivity contribution is 7.14. The van der Waals surface area contributed by atoms with Gasteiger partial charge in [-0.25, -0.2) is 9.37 Å². The van der Waals surface area contributed by atoms with Crippen LogP contribution in [-0.4, -0.2) is 29.3 Å². The summed E-state index contributed by atoms with van der Waals surface area (Å²) < 4.78 is 19.5. The van der Waals surface area contributed by atoms with E-state index in [0.717, 1.165) is 48.4 Å². The Morgan fingerprint density at radius 2 is 1.80 bits per heavy atom. The molecule has 0 atom stereocenters. The number of halogens is 1. The molecule has 0 radical (unpaired) electrons. The number of nitrogens with one attached hydrogen (secondary N) is 1. The lowest BCUT2D eigenvalue weighted by atomic mass is 9.49. The minimum absolute atomic E-state index is 0.0816. The number of nitrogens with zero attached hydrogens (tertiary/aromatic N) is 2. The van der Waals surface area contributed by atoms with Gasteiger partial charge >= 0.3 is 5.97 Å². The Morgan fingerprint density at radius 1 is 1.14 bits per heavy atom. The normalized spacial score (nSPS) is 26.4. The standard InChI is InChI=1S/C26H30FN3O4S/c1-16(31)30(22-5-3-2-4-21(22)27)25-29-20(15-35-25)14-34-24(33)13-28-23(32)12-26-9-17-6-18(10-26)8-19(7-17)11-26/h2-5,15,17-19H,6-14H2,1H3,(H,28,32). The van der Waals surface area contributed by atoms with E-state index in [4.69, 9.17) is 4.74 Å². The lowest BCUT2D eigenvalue weighted by Crippen LogP contribution is -2.48. The van der Waals surface area contributed by atoms with E-state index >= 15 is 0 Å². The number of esters is 1. The van der Waals surface area contributed by atoms with Crippen molar-refractivity contribution in [3.05, 3.63) is 41.2 Å². The molecule has 9 heteroatoms. The molecule has 1 heterocycles. The average molecular weight is 500 g/mol. The second kappa shape index (κ2) is 9.68. The van der Waals surface area contributed by atoms with Crippen LogP contribution in [0.4, 0.5) is 15.2 Å². The Labute approximate surface area is 208 Å². The number of rotatable bonds is 8. The number of para-hydroxylation sites is 1. The zero-order chi connectivity index (χ0) is 24.6. The molecule has 4 bridgehead atoms. The first-order valence-electron chi connectivity index (χ1n) is 12.2. The number of carbonyl (C=O) groups is 3. The highest BCUT2D eigenvalue weighted by Crippen LogP contribution is 2.61. The van der Waals surface area contributed by atoms with Crippen molar-refractivity contribution in [3.63, 3.8) is 0 Å². The van der Waals surface area contributed by atoms with Gasteiger partial charge in [0.05, 0.1) is 11.4 Å². The van der Waals surface area contributed by atoms with Crippen molar-refractivity contribution in [2.75, 3.05) is 11.4 Å². The number of anilines is 2. The minimum atomic E-state index is -0.545. The van der Waals surface area contributed by atoms with Crippen LogP contribution in [-0.2, 0) is 25.7 Å². The number of ether oxygens (including phenoxy) is 1. The summed E-state index contributed by atoms with van der Waals surface area (Å²) in [6.45, 7) is 1.06. The molecule has 4 aliphatic carbocycles. The Balaban J connectivity index is 1.11. The zero-order valence-corrected chi connectivity index (χ0v) is 20.6. The summed E-state index contributed by atoms with van der Waals surface area (Å²) in [5, 5.41) is 4.68. The maximum atomic E-state index is 14.2. The highest BCUT2D eigenvalue weighted by Gasteiger charge is 2.51. The molecule has 4 aliphatic rings. The van der Waals surface area contributed by atoms with Crippen molar-refractivity contribution >= 4 is 39.9 Å². The van der Waals surface area contributed by atoms with Gasteiger partial charge in [0, 0.05) is 18.7 Å². The third-order valence-electron chi connectivity index (χ3n) is 7.65. The SMILES string of the molecule is CC(=O)N(c1nc(COC(=O)CNC(=O)CC23CC4CC(CC(C4)C2)C3)cs1)c1ccccc1F. The molecule has 7 nitrogen and oxygen atoms in total. The molecule has 4 saturated carbocycles. The first-order valence-corrected chi connectivity index (χ1v) is 13.1. The predicted molar refractivity (Wildman–Crippen MR) is 129 cm³/mol. The van der Waals surface area contributed by atoms with Crippen molar-refractivity contribution in [2.45, 2.75) is 58.5 Å². The van der Waals surface area contributed by atoms with Gasteiger partial charge in [-0.1, -0.05) is 12.1 Å². The fourth-order valence-electron chi connectivity index (χ4n) is 6.79. The van der Waals surface area contributed by atoms with Gasteiger partial charge in [0.2, 0.25) is 11.8 Å². The van der Waals surface area contributed by atoms with E-state index in [1.807, 2.05) is 0 Å². The van der Waals surface area contributed by atoms with E-state index in [9.17, 15) is 18.8 Å². The number of amides is 2. The van der Waals surface area contributed by atoms with Crippen LogP contribution in [0.5, 0.6) is 0 Å². The molecular formula is C26H30FN3O4S. The topological polar surface area (TPSA) is 88.6 Å². The summed E-state index contributed by atoms with van der Waals surface area (Å²) in [5.74, 6) is 0.792. The molecule has 0 unspecified atom stereocenters. The van der Waals surface area contributed by atoms with E-state index in [1.165, 1.54) is 43.2 Å². The van der Waals surface area contributed by atoms with Crippen LogP contribution < -0.4 is 10.2 Å². The van der Waals surface area contributed by atoms with Crippen LogP contribution in [0.1, 0.15) is 57.6 Å². The van der Waals surface area contributed by atoms with E-state index in [1.54, 1.807) is 17.5 Å². The Kier molecular flexibility index (Phi) is 6.61. The lowest BCUT2D eigenvalue weighted by Gasteiger charge is -2.56. The molecule has 4 fully saturated rings. The van der Waals surface area contributed by atoms with E-state index in [-0.39, 0.29) is 41.2 Å². The van der Waals surface area contributed by atoms with Crippen LogP contribution >= 0.6 is 11.3 Å². The van der Waals surface area contributed by atoms with Crippen molar-refractivity contribution < 1.29 is 23.5 Å². The summed E-state index contributed by atoms with van der Waals surface area (Å²) in [6.07, 6.45) is 7.92. The molecule has 2 amide bonds. The van der Waals surface area contributed by atoms with Crippen LogP contribution in [0.25, 0.3) is 0 Å². The van der Waals surface area contributed by atoms with Crippen molar-refractivity contribution in [2.24, 2.45) is 23.2 Å². The summed E-state index contributed by atoms with van der Waals surface area (Å²) in [7, 11) is 0. The van der Waals surface area contributed by atoms with Gasteiger partial charge in [0.15, 0.2) is 5.13 Å². The van der Waals surface area contributed by atoms with Crippen molar-refractivity contribution in [3.8, 4) is 0 Å². The number of carbonyl (C=O) groups excluding carboxylic acids is 3. The summed E-state index contributed by atoms with van der Waals surface area (Å²) in [4.78, 5) is 42.5. The van der Waals surface area contributed by atoms with Crippen LogP contribution in [0, 0.1) is 29.0 Å². The van der Waals surface area contributed by atoms with Crippen LogP contribution in [0.3, 0.4) is 0 Å². The highest BCUT2D eigenvalue weighted by atomic mass is 32.1. The van der Waals surface area contributed by atoms with Crippen molar-refractivity contribution in [1.29, 1.82) is 0 Å². The molecule has 1 aromatic carbocycles. The average Bonchev–Trinajstić information content (AvgIpc) is 3.25. The largest absolute Gasteiger partial charge is 0.458 e. The fraction of sp³-hybridized carbons (Fsp3) is 0.538. The predicted octanol–water partition coefficient (Wildman–Crippen LogP) is 4.73. The monoisotopic (exact) mass is 499 g/mol. The second-order valence-corrected chi connectivity index (χ2v) is 11.3. The smallest absolute Gasteiger partial charge is 0.325 e. The Hall–Kier alpha value is -2.81. The third-order valence-corrected chi connectivity index (χ3v) is 8.53. The first-order chi connectivity index (χ1) is 16.8. The van der Waals surface area contributed by atoms with Gasteiger partial charge in [-0.15, -0.1) is 11.3 Å². The molecule has 0 spiro atoms. The van der Waals surface area contributed by atoms with Crippen LogP contribution in [0.15, 0.2) is 29.6 Å². The van der Waals surface area contributed by atoms with Crippen LogP contribution in [0.2, 0.25) is 0 Å². The summed E-state index contributed by atoms with van der Waals surface area (Å²) >= 11 is 1.16. The molecule has 6 rings (SSSR count). The quantitative estimate of drug-likeness (QED) is 0.531. The lowest BCUT2D eigenvalue weighted by molar-refractivity contribution is -0.146. The molecule has 1 N–H and O–H groups in total. The number of hydrogen-bond acceptors (Lipinski definition) is 6. The maximum Gasteiger partial charge on any atom is 0.325 e. The molecule has 0 aliphatic heterocycles. The molecule has 2 aromatic rings. The molecular weight excluding hydrogens is 469 g/mol. The van der Waals surface area contributed by atoms with Gasteiger partial charge in [-0.05, 0) is 73.8 Å². The van der Waals surface area contributed by atoms with Crippen molar-refractivity contribution in [1.82, 2.24) is 10.3 Å². The maximum absolute atomic E-state index is 14.2.